The van der Waals surface area contributed by atoms with E-state index in [0.29, 0.717) is 17.1 Å². The number of hydrogen-bond acceptors (Lipinski definition) is 6. The molecule has 4 fully saturated rings. The van der Waals surface area contributed by atoms with Crippen molar-refractivity contribution in [1.29, 1.82) is 5.26 Å². The van der Waals surface area contributed by atoms with Crippen LogP contribution in [0.2, 0.25) is 5.02 Å². The van der Waals surface area contributed by atoms with Crippen molar-refractivity contribution in [2.75, 3.05) is 6.54 Å². The van der Waals surface area contributed by atoms with Crippen molar-refractivity contribution in [3.8, 4) is 17.3 Å². The normalized spacial score (nSPS) is 26.1. The van der Waals surface area contributed by atoms with Gasteiger partial charge in [-0.3, -0.25) is 10.8 Å². The molecule has 0 bridgehead atoms. The van der Waals surface area contributed by atoms with Crippen LogP contribution in [0.3, 0.4) is 0 Å². The first kappa shape index (κ1) is 29.4. The summed E-state index contributed by atoms with van der Waals surface area (Å²) in [5.41, 5.74) is 3.04. The number of aliphatic hydroxyl groups is 1. The Morgan fingerprint density at radius 3 is 2.25 bits per heavy atom. The van der Waals surface area contributed by atoms with Crippen LogP contribution in [0.4, 0.5) is 4.39 Å². The molecule has 1 aromatic heterocycles. The summed E-state index contributed by atoms with van der Waals surface area (Å²) in [6.45, 7) is 2.44. The molecule has 3 aliphatic carbocycles. The van der Waals surface area contributed by atoms with Crippen LogP contribution in [-0.2, 0) is 6.61 Å². The van der Waals surface area contributed by atoms with Gasteiger partial charge in [-0.15, -0.1) is 0 Å². The lowest BCUT2D eigenvalue weighted by molar-refractivity contribution is 0.0857. The second kappa shape index (κ2) is 12.4. The minimum absolute atomic E-state index is 0.0559. The average Bonchev–Trinajstić information content (AvgIpc) is 3.56. The zero-order valence-corrected chi connectivity index (χ0v) is 24.6. The molecule has 1 aliphatic heterocycles. The van der Waals surface area contributed by atoms with Gasteiger partial charge >= 0.3 is 0 Å². The van der Waals surface area contributed by atoms with Crippen molar-refractivity contribution in [2.45, 2.75) is 121 Å². The number of nitriles is 1. The number of aryl methyl sites for hydroxylation is 1. The van der Waals surface area contributed by atoms with Crippen LogP contribution in [-0.4, -0.2) is 32.2 Å². The van der Waals surface area contributed by atoms with Gasteiger partial charge in [0.15, 0.2) is 5.82 Å². The molecule has 0 radical (unpaired) electrons. The summed E-state index contributed by atoms with van der Waals surface area (Å²) in [5.74, 6) is 5.71. The van der Waals surface area contributed by atoms with Crippen LogP contribution in [0.15, 0.2) is 12.1 Å². The second-order valence-corrected chi connectivity index (χ2v) is 13.0. The van der Waals surface area contributed by atoms with E-state index in [4.69, 9.17) is 22.4 Å². The van der Waals surface area contributed by atoms with Crippen molar-refractivity contribution in [3.63, 3.8) is 0 Å². The number of hydrogen-bond donors (Lipinski definition) is 2. The van der Waals surface area contributed by atoms with E-state index in [1.807, 2.05) is 5.01 Å². The predicted molar refractivity (Wildman–Crippen MR) is 156 cm³/mol. The van der Waals surface area contributed by atoms with Gasteiger partial charge in [0.2, 0.25) is 0 Å². The van der Waals surface area contributed by atoms with E-state index in [9.17, 15) is 14.8 Å². The molecular weight excluding hydrogens is 525 g/mol. The molecule has 216 valence electrons. The van der Waals surface area contributed by atoms with Crippen molar-refractivity contribution >= 4 is 11.6 Å². The van der Waals surface area contributed by atoms with E-state index < -0.39 is 5.82 Å². The van der Waals surface area contributed by atoms with Gasteiger partial charge in [0.1, 0.15) is 11.6 Å². The first-order chi connectivity index (χ1) is 19.3. The van der Waals surface area contributed by atoms with Crippen LogP contribution < -0.4 is 5.84 Å². The van der Waals surface area contributed by atoms with Crippen LogP contribution in [0.5, 0.6) is 0 Å². The molecule has 2 spiro atoms. The Balaban J connectivity index is 0.000000269. The monoisotopic (exact) mass is 567 g/mol. The van der Waals surface area contributed by atoms with Gasteiger partial charge in [-0.05, 0) is 88.7 Å². The first-order valence-electron chi connectivity index (χ1n) is 15.2. The smallest absolute Gasteiger partial charge is 0.151 e. The van der Waals surface area contributed by atoms with Gasteiger partial charge in [0.05, 0.1) is 34.4 Å². The molecule has 3 saturated carbocycles. The molecule has 4 aliphatic rings. The second-order valence-electron chi connectivity index (χ2n) is 12.6. The summed E-state index contributed by atoms with van der Waals surface area (Å²) >= 11 is 5.92. The molecule has 8 heteroatoms. The fraction of sp³-hybridized carbons (Fsp3) is 0.656. The Labute approximate surface area is 243 Å². The number of nitrogens with two attached hydrogens (primary N) is 1. The van der Waals surface area contributed by atoms with Gasteiger partial charge in [-0.25, -0.2) is 14.4 Å². The molecule has 1 saturated heterocycles. The highest BCUT2D eigenvalue weighted by molar-refractivity contribution is 6.31. The minimum atomic E-state index is -0.720. The fourth-order valence-corrected chi connectivity index (χ4v) is 8.15. The van der Waals surface area contributed by atoms with Crippen molar-refractivity contribution in [3.05, 3.63) is 45.6 Å². The maximum absolute atomic E-state index is 14.8. The number of halogens is 2. The third-order valence-corrected chi connectivity index (χ3v) is 10.6. The maximum Gasteiger partial charge on any atom is 0.151 e. The highest BCUT2D eigenvalue weighted by Crippen LogP contribution is 2.49. The lowest BCUT2D eigenvalue weighted by atomic mass is 9.73. The van der Waals surface area contributed by atoms with Gasteiger partial charge in [0, 0.05) is 23.6 Å². The Hall–Kier alpha value is -2.11. The topological polar surface area (TPSA) is 99.1 Å². The third-order valence-electron chi connectivity index (χ3n) is 10.3. The van der Waals surface area contributed by atoms with Crippen molar-refractivity contribution in [1.82, 2.24) is 15.0 Å². The largest absolute Gasteiger partial charge is 0.390 e. The van der Waals surface area contributed by atoms with Crippen LogP contribution in [0.25, 0.3) is 11.3 Å². The van der Waals surface area contributed by atoms with Crippen LogP contribution in [0, 0.1) is 29.5 Å². The lowest BCUT2D eigenvalue weighted by Gasteiger charge is -2.41. The van der Waals surface area contributed by atoms with Crippen molar-refractivity contribution < 1.29 is 9.50 Å². The summed E-state index contributed by atoms with van der Waals surface area (Å²) in [4.78, 5) is 9.31. The number of nitrogens with zero attached hydrogens (tertiary/aromatic N) is 4. The molecule has 6 rings (SSSR count). The van der Waals surface area contributed by atoms with E-state index in [1.165, 1.54) is 44.2 Å². The fourth-order valence-electron chi connectivity index (χ4n) is 7.96. The van der Waals surface area contributed by atoms with Crippen LogP contribution in [0.1, 0.15) is 125 Å². The molecule has 0 atom stereocenters. The molecule has 3 N–H and O–H groups in total. The molecule has 0 unspecified atom stereocenters. The molecule has 6 nitrogen and oxygen atoms in total. The molecule has 1 aromatic carbocycles. The molecule has 2 heterocycles. The van der Waals surface area contributed by atoms with E-state index in [-0.39, 0.29) is 34.2 Å². The van der Waals surface area contributed by atoms with E-state index >= 15 is 0 Å². The quantitative estimate of drug-likeness (QED) is 0.373. The van der Waals surface area contributed by atoms with Gasteiger partial charge in [-0.2, -0.15) is 5.26 Å². The number of aliphatic hydroxyl groups excluding tert-OH is 1. The number of rotatable bonds is 3. The lowest BCUT2D eigenvalue weighted by Crippen LogP contribution is -2.50. The highest BCUT2D eigenvalue weighted by Gasteiger charge is 2.43. The summed E-state index contributed by atoms with van der Waals surface area (Å²) in [6.07, 6.45) is 20.0. The Bertz CT molecular complexity index is 1240. The Morgan fingerprint density at radius 1 is 1.02 bits per heavy atom. The Morgan fingerprint density at radius 2 is 1.68 bits per heavy atom. The average molecular weight is 568 g/mol. The molecule has 2 aromatic rings. The number of aromatic nitrogens is 2. The first-order valence-corrected chi connectivity index (χ1v) is 15.6. The SMILES string of the molecule is C1CCC2(CC1)CCCC2.Cc1nc(C2CCC3(CCCN3N)CC2)c(CO)nc1-c1ccc(Cl)c(C#N)c1F. The third kappa shape index (κ3) is 5.79. The summed E-state index contributed by atoms with van der Waals surface area (Å²) < 4.78 is 14.8. The predicted octanol–water partition coefficient (Wildman–Crippen LogP) is 7.49. The molecular formula is C32H43ClFN5O. The Kier molecular flexibility index (Phi) is 9.11. The van der Waals surface area contributed by atoms with Crippen LogP contribution >= 0.6 is 11.6 Å². The number of hydrazine groups is 1. The van der Waals surface area contributed by atoms with Crippen molar-refractivity contribution in [2.24, 2.45) is 11.3 Å². The van der Waals surface area contributed by atoms with Gasteiger partial charge in [0.25, 0.3) is 0 Å². The summed E-state index contributed by atoms with van der Waals surface area (Å²) in [7, 11) is 0. The zero-order chi connectivity index (χ0) is 28.3. The van der Waals surface area contributed by atoms with Gasteiger partial charge < -0.3 is 5.11 Å². The van der Waals surface area contributed by atoms with Gasteiger partial charge in [-0.1, -0.05) is 43.7 Å². The summed E-state index contributed by atoms with van der Waals surface area (Å²) in [6, 6.07) is 4.77. The maximum atomic E-state index is 14.8. The highest BCUT2D eigenvalue weighted by atomic mass is 35.5. The molecule has 0 amide bonds. The minimum Gasteiger partial charge on any atom is -0.390 e. The summed E-state index contributed by atoms with van der Waals surface area (Å²) in [5, 5.41) is 21.2. The standard InChI is InChI=1S/C22H25ClFN5O.C10H18/c1-13-20(15-3-4-17(23)16(11-25)19(15)24)28-18(12-30)21(27-13)14-5-8-22(9-6-14)7-2-10-29(22)26;1-2-6-10(7-3-1)8-4-5-9-10/h3-4,14,30H,2,5-10,12,26H2,1H3;1-9H2. The van der Waals surface area contributed by atoms with E-state index in [2.05, 4.69) is 4.98 Å². The number of benzene rings is 1. The van der Waals surface area contributed by atoms with E-state index in [0.717, 1.165) is 56.2 Å². The molecule has 40 heavy (non-hydrogen) atoms. The van der Waals surface area contributed by atoms with E-state index in [1.54, 1.807) is 38.7 Å². The zero-order valence-electron chi connectivity index (χ0n) is 23.8.